The van der Waals surface area contributed by atoms with Crippen molar-refractivity contribution in [2.45, 2.75) is 12.7 Å². The number of nitrogens with zero attached hydrogens (tertiary/aromatic N) is 2. The van der Waals surface area contributed by atoms with Crippen LogP contribution in [0.1, 0.15) is 10.4 Å². The molecule has 0 radical (unpaired) electrons. The number of thiophene rings is 1. The van der Waals surface area contributed by atoms with Gasteiger partial charge in [-0.15, -0.1) is 23.1 Å². The van der Waals surface area contributed by atoms with Gasteiger partial charge in [-0.2, -0.15) is 0 Å². The number of amides is 1. The monoisotopic (exact) mass is 455 g/mol. The van der Waals surface area contributed by atoms with Crippen LogP contribution in [-0.2, 0) is 10.5 Å². The molecule has 1 N–H and O–H groups in total. The van der Waals surface area contributed by atoms with Gasteiger partial charge in [-0.3, -0.25) is 15.0 Å². The van der Waals surface area contributed by atoms with Crippen LogP contribution in [0.4, 0.5) is 0 Å². The number of aromatic nitrogens is 2. The number of rotatable bonds is 6. The minimum atomic E-state index is -0.278. The van der Waals surface area contributed by atoms with Crippen LogP contribution in [0, 0.1) is 6.92 Å². The fourth-order valence-electron chi connectivity index (χ4n) is 3.14. The third-order valence-electron chi connectivity index (χ3n) is 4.51. The first-order valence-corrected chi connectivity index (χ1v) is 11.6. The number of halogens is 1. The first-order valence-electron chi connectivity index (χ1n) is 9.21. The molecule has 0 aliphatic carbocycles. The van der Waals surface area contributed by atoms with Crippen molar-refractivity contribution in [3.05, 3.63) is 86.7 Å². The summed E-state index contributed by atoms with van der Waals surface area (Å²) in [7, 11) is 0. The number of hydrogen-bond acceptors (Lipinski definition) is 5. The predicted molar refractivity (Wildman–Crippen MR) is 126 cm³/mol. The van der Waals surface area contributed by atoms with Gasteiger partial charge in [0.15, 0.2) is 0 Å². The summed E-state index contributed by atoms with van der Waals surface area (Å²) in [5.74, 6) is 0.644. The van der Waals surface area contributed by atoms with Gasteiger partial charge in [0, 0.05) is 21.2 Å². The zero-order valence-corrected chi connectivity index (χ0v) is 18.5. The first-order chi connectivity index (χ1) is 14.5. The second-order valence-corrected chi connectivity index (χ2v) is 9.28. The van der Waals surface area contributed by atoms with Crippen molar-refractivity contribution in [3.63, 3.8) is 0 Å². The number of thioether (sulfide) groups is 1. The highest BCUT2D eigenvalue weighted by Crippen LogP contribution is 2.35. The van der Waals surface area contributed by atoms with Gasteiger partial charge in [-0.25, -0.2) is 9.66 Å². The zero-order valence-electron chi connectivity index (χ0n) is 16.1. The van der Waals surface area contributed by atoms with Crippen LogP contribution in [0.15, 0.2) is 65.7 Å². The van der Waals surface area contributed by atoms with E-state index in [0.29, 0.717) is 21.0 Å². The van der Waals surface area contributed by atoms with Crippen molar-refractivity contribution < 1.29 is 4.79 Å². The Hall–Kier alpha value is -2.61. The maximum Gasteiger partial charge on any atom is 0.281 e. The molecule has 0 aliphatic rings. The minimum absolute atomic E-state index is 0.224. The Bertz CT molecular complexity index is 1250. The van der Waals surface area contributed by atoms with Crippen molar-refractivity contribution in [1.29, 1.82) is 0 Å². The van der Waals surface area contributed by atoms with Crippen molar-refractivity contribution >= 4 is 50.8 Å². The van der Waals surface area contributed by atoms with Crippen LogP contribution in [0.3, 0.4) is 0 Å². The number of hydrogen-bond donors (Lipinski definition) is 1. The van der Waals surface area contributed by atoms with E-state index < -0.39 is 0 Å². The smallest absolute Gasteiger partial charge is 0.272 e. The summed E-state index contributed by atoms with van der Waals surface area (Å²) in [6.45, 7) is 1.98. The number of carbonyl (C=O) groups is 1. The summed E-state index contributed by atoms with van der Waals surface area (Å²) < 4.78 is 1.17. The van der Waals surface area contributed by atoms with Gasteiger partial charge >= 0.3 is 0 Å². The minimum Gasteiger partial charge on any atom is -0.272 e. The third-order valence-corrected chi connectivity index (χ3v) is 6.78. The third kappa shape index (κ3) is 4.43. The van der Waals surface area contributed by atoms with Gasteiger partial charge in [0.2, 0.25) is 5.91 Å². The molecule has 0 bridgehead atoms. The number of benzene rings is 2. The molecule has 2 heterocycles. The summed E-state index contributed by atoms with van der Waals surface area (Å²) in [6, 6.07) is 17.3. The highest BCUT2D eigenvalue weighted by Gasteiger charge is 2.17. The van der Waals surface area contributed by atoms with Gasteiger partial charge in [0.05, 0.1) is 11.1 Å². The predicted octanol–water partition coefficient (Wildman–Crippen LogP) is 5.09. The van der Waals surface area contributed by atoms with Gasteiger partial charge < -0.3 is 0 Å². The van der Waals surface area contributed by atoms with Crippen molar-refractivity contribution in [2.75, 3.05) is 11.2 Å². The molecule has 0 saturated carbocycles. The summed E-state index contributed by atoms with van der Waals surface area (Å²) in [5, 5.41) is 1.21. The standard InChI is InChI=1S/C22H18ClN3O2S2/c1-14-19(16-5-3-2-4-6-16)20-21(30-14)24-13-26(22(20)28)25-18(27)12-29-11-15-7-9-17(23)10-8-15/h2-10,13H,11-12H2,1H3,(H,25,27). The Kier molecular flexibility index (Phi) is 6.22. The van der Waals surface area contributed by atoms with Crippen LogP contribution in [0.2, 0.25) is 5.02 Å². The summed E-state index contributed by atoms with van der Waals surface area (Å²) >= 11 is 8.83. The fourth-order valence-corrected chi connectivity index (χ4v) is 5.05. The number of aryl methyl sites for hydroxylation is 1. The molecule has 30 heavy (non-hydrogen) atoms. The molecule has 2 aromatic carbocycles. The van der Waals surface area contributed by atoms with Gasteiger partial charge in [-0.05, 0) is 30.2 Å². The maximum absolute atomic E-state index is 13.1. The lowest BCUT2D eigenvalue weighted by molar-refractivity contribution is -0.114. The first kappa shape index (κ1) is 20.7. The number of carbonyl (C=O) groups excluding carboxylic acids is 1. The average molecular weight is 456 g/mol. The zero-order chi connectivity index (χ0) is 21.1. The Labute approximate surface area is 186 Å². The molecule has 0 unspecified atom stereocenters. The van der Waals surface area contributed by atoms with Gasteiger partial charge in [-0.1, -0.05) is 54.1 Å². The Balaban J connectivity index is 1.52. The summed E-state index contributed by atoms with van der Waals surface area (Å²) in [4.78, 5) is 31.5. The van der Waals surface area contributed by atoms with E-state index in [0.717, 1.165) is 21.6 Å². The van der Waals surface area contributed by atoms with E-state index in [9.17, 15) is 9.59 Å². The number of nitrogens with one attached hydrogen (secondary N) is 1. The summed E-state index contributed by atoms with van der Waals surface area (Å²) in [5.41, 5.74) is 5.28. The van der Waals surface area contributed by atoms with Crippen LogP contribution < -0.4 is 11.0 Å². The molecule has 0 aliphatic heterocycles. The molecule has 5 nitrogen and oxygen atoms in total. The van der Waals surface area contributed by atoms with E-state index in [-0.39, 0.29) is 17.2 Å². The molecule has 4 aromatic rings. The molecule has 152 valence electrons. The Morgan fingerprint density at radius 1 is 1.17 bits per heavy atom. The molecule has 0 fully saturated rings. The van der Waals surface area contributed by atoms with E-state index in [1.165, 1.54) is 34.1 Å². The maximum atomic E-state index is 13.1. The quantitative estimate of drug-likeness (QED) is 0.439. The molecule has 1 amide bonds. The highest BCUT2D eigenvalue weighted by molar-refractivity contribution is 7.99. The molecule has 8 heteroatoms. The fraction of sp³-hybridized carbons (Fsp3) is 0.136. The van der Waals surface area contributed by atoms with E-state index in [1.54, 1.807) is 0 Å². The lowest BCUT2D eigenvalue weighted by Crippen LogP contribution is -2.34. The second kappa shape index (κ2) is 9.04. The van der Waals surface area contributed by atoms with Crippen molar-refractivity contribution in [3.8, 4) is 11.1 Å². The molecular weight excluding hydrogens is 438 g/mol. The van der Waals surface area contributed by atoms with E-state index in [2.05, 4.69) is 10.4 Å². The largest absolute Gasteiger partial charge is 0.281 e. The van der Waals surface area contributed by atoms with Crippen LogP contribution in [-0.4, -0.2) is 21.3 Å². The molecule has 0 spiro atoms. The highest BCUT2D eigenvalue weighted by atomic mass is 35.5. The van der Waals surface area contributed by atoms with E-state index >= 15 is 0 Å². The van der Waals surface area contributed by atoms with Crippen molar-refractivity contribution in [1.82, 2.24) is 9.66 Å². The molecule has 0 saturated heterocycles. The van der Waals surface area contributed by atoms with Crippen molar-refractivity contribution in [2.24, 2.45) is 0 Å². The van der Waals surface area contributed by atoms with Gasteiger partial charge in [0.1, 0.15) is 11.2 Å². The SMILES string of the molecule is Cc1sc2ncn(NC(=O)CSCc3ccc(Cl)cc3)c(=O)c2c1-c1ccccc1. The van der Waals surface area contributed by atoms with Crippen LogP contribution in [0.25, 0.3) is 21.3 Å². The average Bonchev–Trinajstić information content (AvgIpc) is 3.09. The summed E-state index contributed by atoms with van der Waals surface area (Å²) in [6.07, 6.45) is 1.37. The van der Waals surface area contributed by atoms with E-state index in [4.69, 9.17) is 11.6 Å². The normalized spacial score (nSPS) is 11.0. The topological polar surface area (TPSA) is 64.0 Å². The van der Waals surface area contributed by atoms with Crippen LogP contribution >= 0.6 is 34.7 Å². The number of fused-ring (bicyclic) bond motifs is 1. The van der Waals surface area contributed by atoms with Crippen LogP contribution in [0.5, 0.6) is 0 Å². The molecule has 0 atom stereocenters. The van der Waals surface area contributed by atoms with E-state index in [1.807, 2.05) is 61.5 Å². The second-order valence-electron chi connectivity index (χ2n) is 6.65. The molecule has 2 aromatic heterocycles. The molecular formula is C22H18ClN3O2S2. The van der Waals surface area contributed by atoms with Gasteiger partial charge in [0.25, 0.3) is 5.56 Å². The lowest BCUT2D eigenvalue weighted by Gasteiger charge is -2.08. The Morgan fingerprint density at radius 2 is 1.90 bits per heavy atom. The Morgan fingerprint density at radius 3 is 2.63 bits per heavy atom. The molecule has 4 rings (SSSR count). The lowest BCUT2D eigenvalue weighted by atomic mass is 10.0.